The predicted octanol–water partition coefficient (Wildman–Crippen LogP) is 3.08. The minimum Gasteiger partial charge on any atom is -0.370 e. The lowest BCUT2D eigenvalue weighted by atomic mass is 9.94. The van der Waals surface area contributed by atoms with Crippen molar-refractivity contribution in [2.24, 2.45) is 0 Å². The average Bonchev–Trinajstić information content (AvgIpc) is 3.11. The molecule has 4 rings (SSSR count). The van der Waals surface area contributed by atoms with Crippen LogP contribution in [0.15, 0.2) is 6.33 Å². The number of aromatic nitrogens is 4. The second kappa shape index (κ2) is 5.75. The van der Waals surface area contributed by atoms with E-state index in [1.54, 1.807) is 17.7 Å². The van der Waals surface area contributed by atoms with Crippen LogP contribution in [-0.2, 0) is 24.3 Å². The number of nitrogens with one attached hydrogen (secondary N) is 1. The molecule has 128 valence electrons. The standard InChI is InChI=1S/C17H23N5OS/c1-5-10(2)18-7-13-20-15-14-11-6-17(3,4)23-8-12(11)24-16(14)19-9-22(15)21-13/h9-10,18H,5-8H2,1-4H3. The lowest BCUT2D eigenvalue weighted by Gasteiger charge is -2.30. The van der Waals surface area contributed by atoms with E-state index >= 15 is 0 Å². The molecule has 0 fully saturated rings. The minimum atomic E-state index is -0.144. The van der Waals surface area contributed by atoms with E-state index in [9.17, 15) is 0 Å². The molecule has 3 aromatic heterocycles. The number of ether oxygens (including phenoxy) is 1. The first kappa shape index (κ1) is 15.9. The second-order valence-corrected chi connectivity index (χ2v) is 8.22. The zero-order valence-corrected chi connectivity index (χ0v) is 15.4. The number of thiophene rings is 1. The summed E-state index contributed by atoms with van der Waals surface area (Å²) < 4.78 is 7.76. The highest BCUT2D eigenvalue weighted by atomic mass is 32.1. The third-order valence-electron chi connectivity index (χ3n) is 4.67. The normalized spacial score (nSPS) is 18.2. The summed E-state index contributed by atoms with van der Waals surface area (Å²) in [5, 5.41) is 9.19. The maximum absolute atomic E-state index is 5.95. The Bertz CT molecular complexity index is 897. The van der Waals surface area contributed by atoms with Crippen molar-refractivity contribution in [3.8, 4) is 0 Å². The van der Waals surface area contributed by atoms with E-state index in [-0.39, 0.29) is 5.60 Å². The van der Waals surface area contributed by atoms with Crippen molar-refractivity contribution in [3.63, 3.8) is 0 Å². The Hall–Kier alpha value is -1.57. The van der Waals surface area contributed by atoms with Gasteiger partial charge in [-0.1, -0.05) is 6.92 Å². The first-order valence-electron chi connectivity index (χ1n) is 8.48. The summed E-state index contributed by atoms with van der Waals surface area (Å²) >= 11 is 1.71. The van der Waals surface area contributed by atoms with Crippen LogP contribution in [0.1, 0.15) is 50.4 Å². The maximum atomic E-state index is 5.95. The summed E-state index contributed by atoms with van der Waals surface area (Å²) in [6.07, 6.45) is 3.74. The maximum Gasteiger partial charge on any atom is 0.168 e. The van der Waals surface area contributed by atoms with Gasteiger partial charge in [-0.15, -0.1) is 16.4 Å². The van der Waals surface area contributed by atoms with Gasteiger partial charge in [-0.25, -0.2) is 14.5 Å². The molecule has 1 aliphatic heterocycles. The van der Waals surface area contributed by atoms with Crippen LogP contribution < -0.4 is 5.32 Å². The lowest BCUT2D eigenvalue weighted by molar-refractivity contribution is -0.0379. The molecule has 0 saturated carbocycles. The van der Waals surface area contributed by atoms with Gasteiger partial charge in [-0.05, 0) is 32.8 Å². The molecule has 0 saturated heterocycles. The third-order valence-corrected chi connectivity index (χ3v) is 5.79. The van der Waals surface area contributed by atoms with Crippen molar-refractivity contribution in [2.75, 3.05) is 0 Å². The summed E-state index contributed by atoms with van der Waals surface area (Å²) in [6.45, 7) is 9.96. The summed E-state index contributed by atoms with van der Waals surface area (Å²) in [5.74, 6) is 0.816. The Morgan fingerprint density at radius 3 is 3.08 bits per heavy atom. The van der Waals surface area contributed by atoms with Crippen LogP contribution in [0.5, 0.6) is 0 Å². The monoisotopic (exact) mass is 345 g/mol. The van der Waals surface area contributed by atoms with Gasteiger partial charge < -0.3 is 10.1 Å². The van der Waals surface area contributed by atoms with Crippen molar-refractivity contribution in [1.29, 1.82) is 0 Å². The summed E-state index contributed by atoms with van der Waals surface area (Å²) in [7, 11) is 0. The number of rotatable bonds is 4. The van der Waals surface area contributed by atoms with Crippen LogP contribution in [0.3, 0.4) is 0 Å². The van der Waals surface area contributed by atoms with E-state index < -0.39 is 0 Å². The van der Waals surface area contributed by atoms with Crippen molar-refractivity contribution in [2.45, 2.75) is 65.3 Å². The topological polar surface area (TPSA) is 64.3 Å². The van der Waals surface area contributed by atoms with E-state index in [0.29, 0.717) is 19.2 Å². The molecule has 0 amide bonds. The van der Waals surface area contributed by atoms with Crippen molar-refractivity contribution in [3.05, 3.63) is 22.6 Å². The summed E-state index contributed by atoms with van der Waals surface area (Å²) in [5.41, 5.74) is 2.10. The fourth-order valence-corrected chi connectivity index (χ4v) is 4.14. The number of nitrogens with zero attached hydrogens (tertiary/aromatic N) is 4. The molecule has 6 nitrogen and oxygen atoms in total. The Morgan fingerprint density at radius 2 is 2.29 bits per heavy atom. The van der Waals surface area contributed by atoms with E-state index in [2.05, 4.69) is 43.1 Å². The van der Waals surface area contributed by atoms with Crippen LogP contribution in [-0.4, -0.2) is 31.2 Å². The van der Waals surface area contributed by atoms with Crippen LogP contribution >= 0.6 is 11.3 Å². The quantitative estimate of drug-likeness (QED) is 0.787. The minimum absolute atomic E-state index is 0.144. The molecule has 0 aromatic carbocycles. The molecule has 1 unspecified atom stereocenters. The molecule has 0 spiro atoms. The van der Waals surface area contributed by atoms with E-state index in [1.165, 1.54) is 10.4 Å². The first-order chi connectivity index (χ1) is 11.5. The van der Waals surface area contributed by atoms with Gasteiger partial charge in [0.25, 0.3) is 0 Å². The SMILES string of the molecule is CCC(C)NCc1nc2c3c4c(sc3ncn2n1)COC(C)(C)C4. The zero-order chi connectivity index (χ0) is 16.9. The van der Waals surface area contributed by atoms with E-state index in [0.717, 1.165) is 34.5 Å². The Labute approximate surface area is 145 Å². The van der Waals surface area contributed by atoms with Crippen LogP contribution in [0.25, 0.3) is 15.9 Å². The molecule has 1 aliphatic rings. The molecule has 0 bridgehead atoms. The van der Waals surface area contributed by atoms with Gasteiger partial charge in [0.2, 0.25) is 0 Å². The van der Waals surface area contributed by atoms with Crippen molar-refractivity contribution < 1.29 is 4.74 Å². The highest BCUT2D eigenvalue weighted by molar-refractivity contribution is 7.19. The van der Waals surface area contributed by atoms with Gasteiger partial charge in [-0.2, -0.15) is 0 Å². The van der Waals surface area contributed by atoms with Gasteiger partial charge in [0.1, 0.15) is 11.2 Å². The second-order valence-electron chi connectivity index (χ2n) is 7.14. The molecule has 0 aliphatic carbocycles. The molecular weight excluding hydrogens is 322 g/mol. The fraction of sp³-hybridized carbons (Fsp3) is 0.588. The van der Waals surface area contributed by atoms with Crippen LogP contribution in [0.2, 0.25) is 0 Å². The largest absolute Gasteiger partial charge is 0.370 e. The summed E-state index contributed by atoms with van der Waals surface area (Å²) in [4.78, 5) is 11.7. The molecular formula is C17H23N5OS. The highest BCUT2D eigenvalue weighted by Gasteiger charge is 2.30. The molecule has 0 radical (unpaired) electrons. The fourth-order valence-electron chi connectivity index (χ4n) is 3.07. The molecule has 24 heavy (non-hydrogen) atoms. The third kappa shape index (κ3) is 2.70. The summed E-state index contributed by atoms with van der Waals surface area (Å²) in [6, 6.07) is 0.460. The van der Waals surface area contributed by atoms with Crippen LogP contribution in [0.4, 0.5) is 0 Å². The highest BCUT2D eigenvalue weighted by Crippen LogP contribution is 2.39. The Balaban J connectivity index is 1.79. The van der Waals surface area contributed by atoms with Gasteiger partial charge in [0.15, 0.2) is 11.5 Å². The van der Waals surface area contributed by atoms with Gasteiger partial charge in [-0.3, -0.25) is 0 Å². The number of fused-ring (bicyclic) bond motifs is 5. The molecule has 7 heteroatoms. The molecule has 4 heterocycles. The Morgan fingerprint density at radius 1 is 1.46 bits per heavy atom. The number of hydrogen-bond acceptors (Lipinski definition) is 6. The molecule has 3 aromatic rings. The first-order valence-corrected chi connectivity index (χ1v) is 9.30. The molecule has 1 atom stereocenters. The number of hydrogen-bond donors (Lipinski definition) is 1. The average molecular weight is 345 g/mol. The van der Waals surface area contributed by atoms with Crippen LogP contribution in [0, 0.1) is 0 Å². The Kier molecular flexibility index (Phi) is 3.82. The van der Waals surface area contributed by atoms with Gasteiger partial charge in [0.05, 0.1) is 24.1 Å². The van der Waals surface area contributed by atoms with Gasteiger partial charge in [0, 0.05) is 17.3 Å². The molecule has 1 N–H and O–H groups in total. The van der Waals surface area contributed by atoms with E-state index in [1.807, 2.05) is 4.52 Å². The predicted molar refractivity (Wildman–Crippen MR) is 95.3 cm³/mol. The van der Waals surface area contributed by atoms with Gasteiger partial charge >= 0.3 is 0 Å². The van der Waals surface area contributed by atoms with Crippen molar-refractivity contribution in [1.82, 2.24) is 24.9 Å². The lowest BCUT2D eigenvalue weighted by Crippen LogP contribution is -2.31. The van der Waals surface area contributed by atoms with Crippen molar-refractivity contribution >= 4 is 27.2 Å². The zero-order valence-electron chi connectivity index (χ0n) is 14.6. The van der Waals surface area contributed by atoms with E-state index in [4.69, 9.17) is 9.72 Å². The smallest absolute Gasteiger partial charge is 0.168 e.